The molecule has 3 heteroatoms. The number of hydrogen-bond donors (Lipinski definition) is 1. The molecule has 0 aliphatic heterocycles. The Morgan fingerprint density at radius 2 is 2.00 bits per heavy atom. The molecule has 0 aromatic heterocycles. The van der Waals surface area contributed by atoms with E-state index in [1.165, 1.54) is 5.56 Å². The van der Waals surface area contributed by atoms with E-state index in [0.717, 1.165) is 18.8 Å². The van der Waals surface area contributed by atoms with Crippen LogP contribution in [0.15, 0.2) is 24.3 Å². The van der Waals surface area contributed by atoms with Crippen molar-refractivity contribution in [2.45, 2.75) is 33.4 Å². The van der Waals surface area contributed by atoms with Gasteiger partial charge in [0.05, 0.1) is 6.61 Å². The highest BCUT2D eigenvalue weighted by atomic mass is 16.5. The minimum absolute atomic E-state index is 0.0777. The van der Waals surface area contributed by atoms with Crippen LogP contribution in [0.5, 0.6) is 5.75 Å². The quantitative estimate of drug-likeness (QED) is 0.770. The Morgan fingerprint density at radius 3 is 2.67 bits per heavy atom. The lowest BCUT2D eigenvalue weighted by molar-refractivity contribution is 0.0920. The van der Waals surface area contributed by atoms with E-state index < -0.39 is 0 Å². The van der Waals surface area contributed by atoms with Gasteiger partial charge in [-0.25, -0.2) is 0 Å². The summed E-state index contributed by atoms with van der Waals surface area (Å²) in [6.07, 6.45) is 0.0777. The summed E-state index contributed by atoms with van der Waals surface area (Å²) >= 11 is 0. The van der Waals surface area contributed by atoms with E-state index in [1.54, 1.807) is 7.11 Å². The molecule has 0 fully saturated rings. The molecule has 0 amide bonds. The van der Waals surface area contributed by atoms with Crippen LogP contribution in [0, 0.1) is 5.92 Å². The molecule has 1 aromatic rings. The maximum absolute atomic E-state index is 5.77. The number of rotatable bonds is 8. The lowest BCUT2D eigenvalue weighted by Crippen LogP contribution is -2.20. The van der Waals surface area contributed by atoms with Crippen molar-refractivity contribution in [2.75, 3.05) is 20.3 Å². The molecule has 0 aliphatic carbocycles. The zero-order chi connectivity index (χ0) is 13.4. The van der Waals surface area contributed by atoms with Gasteiger partial charge in [-0.05, 0) is 37.1 Å². The molecule has 0 spiro atoms. The fraction of sp³-hybridized carbons (Fsp3) is 0.600. The van der Waals surface area contributed by atoms with Crippen LogP contribution in [-0.4, -0.2) is 26.4 Å². The predicted molar refractivity (Wildman–Crippen MR) is 75.0 cm³/mol. The summed E-state index contributed by atoms with van der Waals surface area (Å²) in [6, 6.07) is 8.21. The fourth-order valence-corrected chi connectivity index (χ4v) is 1.73. The SMILES string of the molecule is COCC(C)Oc1cccc(CNCC(C)C)c1. The first-order valence-electron chi connectivity index (χ1n) is 6.57. The molecule has 0 saturated carbocycles. The molecular weight excluding hydrogens is 226 g/mol. The third-order valence-corrected chi connectivity index (χ3v) is 2.52. The van der Waals surface area contributed by atoms with E-state index in [0.29, 0.717) is 12.5 Å². The van der Waals surface area contributed by atoms with Crippen LogP contribution in [0.1, 0.15) is 26.3 Å². The minimum atomic E-state index is 0.0777. The van der Waals surface area contributed by atoms with Gasteiger partial charge >= 0.3 is 0 Å². The van der Waals surface area contributed by atoms with Crippen LogP contribution in [0.2, 0.25) is 0 Å². The smallest absolute Gasteiger partial charge is 0.120 e. The highest BCUT2D eigenvalue weighted by molar-refractivity contribution is 5.28. The standard InChI is InChI=1S/C15H25NO2/c1-12(2)9-16-10-14-6-5-7-15(8-14)18-13(3)11-17-4/h5-8,12-13,16H,9-11H2,1-4H3. The van der Waals surface area contributed by atoms with Gasteiger partial charge in [0.2, 0.25) is 0 Å². The maximum atomic E-state index is 5.77. The summed E-state index contributed by atoms with van der Waals surface area (Å²) in [6.45, 7) is 8.94. The van der Waals surface area contributed by atoms with Crippen LogP contribution in [0.3, 0.4) is 0 Å². The van der Waals surface area contributed by atoms with Crippen molar-refractivity contribution >= 4 is 0 Å². The zero-order valence-electron chi connectivity index (χ0n) is 11.9. The van der Waals surface area contributed by atoms with Crippen LogP contribution in [0.25, 0.3) is 0 Å². The van der Waals surface area contributed by atoms with Crippen LogP contribution >= 0.6 is 0 Å². The number of hydrogen-bond acceptors (Lipinski definition) is 3. The summed E-state index contributed by atoms with van der Waals surface area (Å²) in [5.41, 5.74) is 1.25. The summed E-state index contributed by atoms with van der Waals surface area (Å²) in [7, 11) is 1.69. The third kappa shape index (κ3) is 6.03. The van der Waals surface area contributed by atoms with Crippen LogP contribution in [-0.2, 0) is 11.3 Å². The van der Waals surface area contributed by atoms with Crippen molar-refractivity contribution in [3.8, 4) is 5.75 Å². The van der Waals surface area contributed by atoms with E-state index in [1.807, 2.05) is 19.1 Å². The van der Waals surface area contributed by atoms with Crippen molar-refractivity contribution < 1.29 is 9.47 Å². The summed E-state index contributed by atoms with van der Waals surface area (Å²) in [4.78, 5) is 0. The van der Waals surface area contributed by atoms with E-state index >= 15 is 0 Å². The Morgan fingerprint density at radius 1 is 1.22 bits per heavy atom. The van der Waals surface area contributed by atoms with Crippen molar-refractivity contribution in [3.05, 3.63) is 29.8 Å². The topological polar surface area (TPSA) is 30.5 Å². The maximum Gasteiger partial charge on any atom is 0.120 e. The minimum Gasteiger partial charge on any atom is -0.488 e. The molecule has 102 valence electrons. The highest BCUT2D eigenvalue weighted by Gasteiger charge is 2.04. The van der Waals surface area contributed by atoms with Crippen molar-refractivity contribution in [3.63, 3.8) is 0 Å². The van der Waals surface area contributed by atoms with Crippen LogP contribution < -0.4 is 10.1 Å². The molecule has 0 heterocycles. The molecular formula is C15H25NO2. The molecule has 0 saturated heterocycles. The van der Waals surface area contributed by atoms with Gasteiger partial charge in [0.1, 0.15) is 11.9 Å². The summed E-state index contributed by atoms with van der Waals surface area (Å²) in [5.74, 6) is 1.58. The lowest BCUT2D eigenvalue weighted by atomic mass is 10.2. The van der Waals surface area contributed by atoms with Gasteiger partial charge in [-0.2, -0.15) is 0 Å². The van der Waals surface area contributed by atoms with Crippen molar-refractivity contribution in [1.29, 1.82) is 0 Å². The fourth-order valence-electron chi connectivity index (χ4n) is 1.73. The lowest BCUT2D eigenvalue weighted by Gasteiger charge is -2.14. The molecule has 1 N–H and O–H groups in total. The Labute approximate surface area is 110 Å². The predicted octanol–water partition coefficient (Wildman–Crippen LogP) is 2.85. The molecule has 0 radical (unpaired) electrons. The number of benzene rings is 1. The van der Waals surface area contributed by atoms with Gasteiger partial charge in [0.25, 0.3) is 0 Å². The molecule has 1 rings (SSSR count). The first-order chi connectivity index (χ1) is 8.61. The molecule has 1 aromatic carbocycles. The average molecular weight is 251 g/mol. The van der Waals surface area contributed by atoms with Crippen molar-refractivity contribution in [2.24, 2.45) is 5.92 Å². The first kappa shape index (κ1) is 15.0. The summed E-state index contributed by atoms with van der Waals surface area (Å²) < 4.78 is 10.8. The molecule has 3 nitrogen and oxygen atoms in total. The van der Waals surface area contributed by atoms with Crippen LogP contribution in [0.4, 0.5) is 0 Å². The molecule has 1 atom stereocenters. The van der Waals surface area contributed by atoms with Gasteiger partial charge in [-0.15, -0.1) is 0 Å². The van der Waals surface area contributed by atoms with E-state index in [-0.39, 0.29) is 6.10 Å². The van der Waals surface area contributed by atoms with Gasteiger partial charge < -0.3 is 14.8 Å². The Balaban J connectivity index is 2.46. The monoisotopic (exact) mass is 251 g/mol. The second-order valence-electron chi connectivity index (χ2n) is 5.06. The first-order valence-corrected chi connectivity index (χ1v) is 6.57. The van der Waals surface area contributed by atoms with Gasteiger partial charge in [0.15, 0.2) is 0 Å². The van der Waals surface area contributed by atoms with E-state index in [4.69, 9.17) is 9.47 Å². The normalized spacial score (nSPS) is 12.7. The number of ether oxygens (including phenoxy) is 2. The number of nitrogens with one attached hydrogen (secondary N) is 1. The molecule has 1 unspecified atom stereocenters. The highest BCUT2D eigenvalue weighted by Crippen LogP contribution is 2.15. The van der Waals surface area contributed by atoms with Gasteiger partial charge in [-0.1, -0.05) is 26.0 Å². The Bertz CT molecular complexity index is 339. The largest absolute Gasteiger partial charge is 0.488 e. The third-order valence-electron chi connectivity index (χ3n) is 2.52. The number of methoxy groups -OCH3 is 1. The average Bonchev–Trinajstić information content (AvgIpc) is 2.29. The second kappa shape index (κ2) is 8.11. The zero-order valence-corrected chi connectivity index (χ0v) is 11.9. The summed E-state index contributed by atoms with van der Waals surface area (Å²) in [5, 5.41) is 3.43. The molecule has 0 bridgehead atoms. The Kier molecular flexibility index (Phi) is 6.76. The van der Waals surface area contributed by atoms with Gasteiger partial charge in [-0.3, -0.25) is 0 Å². The molecule has 18 heavy (non-hydrogen) atoms. The molecule has 0 aliphatic rings. The van der Waals surface area contributed by atoms with Gasteiger partial charge in [0, 0.05) is 13.7 Å². The Hall–Kier alpha value is -1.06. The van der Waals surface area contributed by atoms with Crippen molar-refractivity contribution in [1.82, 2.24) is 5.32 Å². The van der Waals surface area contributed by atoms with E-state index in [2.05, 4.69) is 31.3 Å². The van der Waals surface area contributed by atoms with E-state index in [9.17, 15) is 0 Å². The second-order valence-corrected chi connectivity index (χ2v) is 5.06.